The Kier molecular flexibility index (Phi) is 7.60. The van der Waals surface area contributed by atoms with Crippen LogP contribution in [0.1, 0.15) is 114 Å². The summed E-state index contributed by atoms with van der Waals surface area (Å²) >= 11 is 0. The van der Waals surface area contributed by atoms with Crippen LogP contribution in [0.5, 0.6) is 0 Å². The fraction of sp³-hybridized carbons (Fsp3) is 0.769. The first kappa shape index (κ1) is 33.9. The molecule has 0 bridgehead atoms. The van der Waals surface area contributed by atoms with Gasteiger partial charge in [0.1, 0.15) is 11.7 Å². The molecule has 6 aliphatic rings. The van der Waals surface area contributed by atoms with E-state index in [0.717, 1.165) is 44.1 Å². The van der Waals surface area contributed by atoms with Gasteiger partial charge in [0, 0.05) is 29.7 Å². The standard InChI is InChI=1S/C39H55N3O5/c1-23-11-15-39(22-42-29(44)13-18-41(42)33(46)47-34(3,4)5)17-16-38(10)31(30(39)24(23)2)26(43)19-28-36(8)20-25(21-40)32(45)35(6,7)27(36)12-14-37(28,38)9/h19-20,23-24,27,30-31H,11-18,22H2,1-10H3/t23-,24+,27+,30+,31-,36+,37-,38-,39-/m1/s1. The topological polar surface area (TPSA) is 108 Å². The van der Waals surface area contributed by atoms with Gasteiger partial charge in [-0.1, -0.05) is 60.1 Å². The highest BCUT2D eigenvalue weighted by Gasteiger charge is 2.70. The molecule has 2 amide bonds. The van der Waals surface area contributed by atoms with E-state index in [-0.39, 0.29) is 69.4 Å². The fourth-order valence-electron chi connectivity index (χ4n) is 11.8. The number of ketones is 2. The van der Waals surface area contributed by atoms with E-state index in [4.69, 9.17) is 4.74 Å². The zero-order chi connectivity index (χ0) is 34.7. The lowest BCUT2D eigenvalue weighted by atomic mass is 9.34. The Labute approximate surface area is 281 Å². The fourth-order valence-corrected chi connectivity index (χ4v) is 11.8. The van der Waals surface area contributed by atoms with Gasteiger partial charge in [0.05, 0.1) is 12.1 Å². The maximum Gasteiger partial charge on any atom is 0.429 e. The van der Waals surface area contributed by atoms with Gasteiger partial charge in [0.2, 0.25) is 5.91 Å². The third kappa shape index (κ3) is 4.64. The van der Waals surface area contributed by atoms with Crippen LogP contribution < -0.4 is 0 Å². The van der Waals surface area contributed by atoms with E-state index in [0.29, 0.717) is 19.0 Å². The number of Topliss-reactive ketones (excluding diaryl/α,β-unsaturated/α-hetero) is 1. The lowest BCUT2D eigenvalue weighted by Crippen LogP contribution is -2.67. The summed E-state index contributed by atoms with van der Waals surface area (Å²) in [5.74, 6) is 0.493. The van der Waals surface area contributed by atoms with Gasteiger partial charge in [-0.3, -0.25) is 14.4 Å². The van der Waals surface area contributed by atoms with E-state index in [1.165, 1.54) is 5.01 Å². The zero-order valence-corrected chi connectivity index (χ0v) is 30.3. The Morgan fingerprint density at radius 3 is 2.34 bits per heavy atom. The molecule has 0 aromatic carbocycles. The van der Waals surface area contributed by atoms with Crippen LogP contribution >= 0.6 is 0 Å². The predicted octanol–water partition coefficient (Wildman–Crippen LogP) is 7.45. The minimum atomic E-state index is -0.700. The van der Waals surface area contributed by atoms with E-state index in [2.05, 4.69) is 40.7 Å². The number of ether oxygens (including phenoxy) is 1. The molecule has 3 saturated carbocycles. The number of allylic oxidation sites excluding steroid dienone is 4. The second-order valence-corrected chi connectivity index (χ2v) is 18.4. The summed E-state index contributed by atoms with van der Waals surface area (Å²) in [7, 11) is 0. The summed E-state index contributed by atoms with van der Waals surface area (Å²) in [6, 6.07) is 2.20. The average Bonchev–Trinajstić information content (AvgIpc) is 3.33. The maximum absolute atomic E-state index is 14.9. The van der Waals surface area contributed by atoms with Crippen molar-refractivity contribution in [2.75, 3.05) is 13.1 Å². The van der Waals surface area contributed by atoms with E-state index >= 15 is 0 Å². The molecule has 8 nitrogen and oxygen atoms in total. The van der Waals surface area contributed by atoms with Crippen LogP contribution in [-0.2, 0) is 19.1 Å². The molecule has 6 rings (SSSR count). The van der Waals surface area contributed by atoms with Gasteiger partial charge in [-0.05, 0) is 105 Å². The zero-order valence-electron chi connectivity index (χ0n) is 30.3. The van der Waals surface area contributed by atoms with E-state index < -0.39 is 22.5 Å². The Morgan fingerprint density at radius 2 is 1.70 bits per heavy atom. The van der Waals surface area contributed by atoms with Gasteiger partial charge in [-0.15, -0.1) is 0 Å². The Hall–Kier alpha value is -2.95. The highest BCUT2D eigenvalue weighted by atomic mass is 16.6. The summed E-state index contributed by atoms with van der Waals surface area (Å²) in [4.78, 5) is 55.1. The first-order chi connectivity index (χ1) is 21.7. The molecular weight excluding hydrogens is 590 g/mol. The van der Waals surface area contributed by atoms with Crippen molar-refractivity contribution < 1.29 is 23.9 Å². The monoisotopic (exact) mass is 645 g/mol. The first-order valence-electron chi connectivity index (χ1n) is 17.9. The van der Waals surface area contributed by atoms with Crippen LogP contribution in [0.2, 0.25) is 0 Å². The van der Waals surface area contributed by atoms with Crippen LogP contribution in [0, 0.1) is 68.0 Å². The lowest BCUT2D eigenvalue weighted by molar-refractivity contribution is -0.187. The number of carbonyl (C=O) groups is 4. The molecular formula is C39H55N3O5. The largest absolute Gasteiger partial charge is 0.442 e. The van der Waals surface area contributed by atoms with Gasteiger partial charge >= 0.3 is 6.09 Å². The Bertz CT molecular complexity index is 1530. The summed E-state index contributed by atoms with van der Waals surface area (Å²) in [5.41, 5.74) is -1.60. The second kappa shape index (κ2) is 10.5. The highest BCUT2D eigenvalue weighted by molar-refractivity contribution is 6.04. The van der Waals surface area contributed by atoms with E-state index in [1.807, 2.05) is 46.8 Å². The van der Waals surface area contributed by atoms with Crippen molar-refractivity contribution in [1.82, 2.24) is 10.0 Å². The number of nitrogens with zero attached hydrogens (tertiary/aromatic N) is 3. The number of nitriles is 1. The third-order valence-corrected chi connectivity index (χ3v) is 14.6. The van der Waals surface area contributed by atoms with Crippen LogP contribution in [0.15, 0.2) is 23.3 Å². The summed E-state index contributed by atoms with van der Waals surface area (Å²) in [5, 5.41) is 13.2. The van der Waals surface area contributed by atoms with Gasteiger partial charge < -0.3 is 4.74 Å². The van der Waals surface area contributed by atoms with Crippen molar-refractivity contribution >= 4 is 23.6 Å². The second-order valence-electron chi connectivity index (χ2n) is 18.4. The van der Waals surface area contributed by atoms with Gasteiger partial charge in [0.25, 0.3) is 0 Å². The normalized spacial score (nSPS) is 42.7. The number of hydrogen-bond acceptors (Lipinski definition) is 6. The van der Waals surface area contributed by atoms with Crippen LogP contribution in [0.25, 0.3) is 0 Å². The minimum Gasteiger partial charge on any atom is -0.442 e. The van der Waals surface area contributed by atoms with Crippen molar-refractivity contribution in [3.8, 4) is 6.07 Å². The Balaban J connectivity index is 1.44. The number of amides is 2. The van der Waals surface area contributed by atoms with Gasteiger partial charge in [-0.25, -0.2) is 14.8 Å². The lowest BCUT2D eigenvalue weighted by Gasteiger charge is -2.70. The van der Waals surface area contributed by atoms with Crippen molar-refractivity contribution in [2.24, 2.45) is 56.7 Å². The predicted molar refractivity (Wildman–Crippen MR) is 178 cm³/mol. The molecule has 0 N–H and O–H groups in total. The summed E-state index contributed by atoms with van der Waals surface area (Å²) in [6.07, 6.45) is 8.98. The molecule has 5 aliphatic carbocycles. The molecule has 47 heavy (non-hydrogen) atoms. The number of hydrogen-bond donors (Lipinski definition) is 0. The van der Waals surface area contributed by atoms with Crippen LogP contribution in [-0.4, -0.2) is 52.3 Å². The van der Waals surface area contributed by atoms with Gasteiger partial charge in [0.15, 0.2) is 11.6 Å². The third-order valence-electron chi connectivity index (χ3n) is 14.6. The number of carbonyl (C=O) groups excluding carboxylic acids is 4. The number of fused-ring (bicyclic) bond motifs is 7. The molecule has 4 fully saturated rings. The van der Waals surface area contributed by atoms with Gasteiger partial charge in [-0.2, -0.15) is 5.26 Å². The Morgan fingerprint density at radius 1 is 1.02 bits per heavy atom. The molecule has 8 heteroatoms. The number of hydrazine groups is 1. The molecule has 0 spiro atoms. The van der Waals surface area contributed by atoms with E-state index in [1.54, 1.807) is 5.01 Å². The maximum atomic E-state index is 14.9. The molecule has 0 unspecified atom stereocenters. The first-order valence-corrected chi connectivity index (χ1v) is 17.9. The molecule has 256 valence electrons. The molecule has 0 aromatic rings. The molecule has 9 atom stereocenters. The molecule has 0 radical (unpaired) electrons. The van der Waals surface area contributed by atoms with Crippen molar-refractivity contribution in [3.63, 3.8) is 0 Å². The summed E-state index contributed by atoms with van der Waals surface area (Å²) in [6.45, 7) is 21.6. The van der Waals surface area contributed by atoms with Crippen molar-refractivity contribution in [1.29, 1.82) is 5.26 Å². The van der Waals surface area contributed by atoms with Crippen LogP contribution in [0.3, 0.4) is 0 Å². The SMILES string of the molecule is C[C@@H]1[C@H]2[C@H]3C(=O)C=C4[C@@]5(C)C=C(C#N)C(=O)C(C)(C)[C@@H]5CC[C@@]4(C)[C@]3(C)CC[C@@]2(CN2C(=O)CCN2C(=O)OC(C)(C)C)CC[C@H]1C. The smallest absolute Gasteiger partial charge is 0.429 e. The highest BCUT2D eigenvalue weighted by Crippen LogP contribution is 2.74. The van der Waals surface area contributed by atoms with E-state index in [9.17, 15) is 24.4 Å². The average molecular weight is 646 g/mol. The van der Waals surface area contributed by atoms with Crippen molar-refractivity contribution in [3.05, 3.63) is 23.3 Å². The minimum absolute atomic E-state index is 0.00296. The molecule has 1 heterocycles. The number of rotatable bonds is 2. The summed E-state index contributed by atoms with van der Waals surface area (Å²) < 4.78 is 5.73. The quantitative estimate of drug-likeness (QED) is 0.309. The van der Waals surface area contributed by atoms with Crippen LogP contribution in [0.4, 0.5) is 4.79 Å². The molecule has 1 saturated heterocycles. The van der Waals surface area contributed by atoms with Crippen molar-refractivity contribution in [2.45, 2.75) is 120 Å². The molecule has 1 aliphatic heterocycles. The molecule has 0 aromatic heterocycles.